The number of carbonyl (C=O) groups is 1. The summed E-state index contributed by atoms with van der Waals surface area (Å²) in [6.45, 7) is 5.87. The van der Waals surface area contributed by atoms with Crippen molar-refractivity contribution < 1.29 is 14.3 Å². The number of rotatable bonds is 10. The fraction of sp³-hybridized carbons (Fsp3) is 0.286. The molecule has 176 valence electrons. The first-order valence-corrected chi connectivity index (χ1v) is 11.6. The predicted molar refractivity (Wildman–Crippen MR) is 135 cm³/mol. The molecular weight excluding hydrogens is 426 g/mol. The highest BCUT2D eigenvalue weighted by molar-refractivity contribution is 5.78. The number of carbonyl (C=O) groups excluding carboxylic acids is 1. The number of imidazole rings is 1. The molecule has 1 amide bonds. The summed E-state index contributed by atoms with van der Waals surface area (Å²) in [4.78, 5) is 17.2. The Morgan fingerprint density at radius 2 is 1.82 bits per heavy atom. The smallest absolute Gasteiger partial charge is 0.224 e. The molecule has 3 aromatic carbocycles. The van der Waals surface area contributed by atoms with Crippen LogP contribution in [0.1, 0.15) is 22.5 Å². The van der Waals surface area contributed by atoms with E-state index in [0.717, 1.165) is 39.5 Å². The van der Waals surface area contributed by atoms with Gasteiger partial charge < -0.3 is 19.4 Å². The van der Waals surface area contributed by atoms with Gasteiger partial charge in [-0.1, -0.05) is 36.4 Å². The van der Waals surface area contributed by atoms with Crippen LogP contribution in [-0.4, -0.2) is 35.7 Å². The normalized spacial score (nSPS) is 10.9. The van der Waals surface area contributed by atoms with E-state index >= 15 is 0 Å². The topological polar surface area (TPSA) is 65.4 Å². The highest BCUT2D eigenvalue weighted by atomic mass is 16.5. The molecule has 34 heavy (non-hydrogen) atoms. The quantitative estimate of drug-likeness (QED) is 0.377. The molecule has 0 saturated carbocycles. The standard InChI is InChI=1S/C28H31N3O3/c1-20-8-9-21(2)26(18-20)34-17-16-31-25-7-5-4-6-24(25)30-27(31)14-15-29-28(32)19-22-10-12-23(33-3)13-11-22/h4-13,18H,14-17,19H2,1-3H3,(H,29,32). The molecule has 0 atom stereocenters. The van der Waals surface area contributed by atoms with Gasteiger partial charge in [-0.2, -0.15) is 0 Å². The van der Waals surface area contributed by atoms with Crippen LogP contribution in [-0.2, 0) is 24.2 Å². The summed E-state index contributed by atoms with van der Waals surface area (Å²) in [6.07, 6.45) is 0.983. The van der Waals surface area contributed by atoms with Gasteiger partial charge in [-0.3, -0.25) is 4.79 Å². The minimum absolute atomic E-state index is 0.00826. The average Bonchev–Trinajstić information content (AvgIpc) is 3.19. The van der Waals surface area contributed by atoms with Crippen molar-refractivity contribution in [2.24, 2.45) is 0 Å². The fourth-order valence-electron chi connectivity index (χ4n) is 3.98. The first-order valence-electron chi connectivity index (χ1n) is 11.6. The summed E-state index contributed by atoms with van der Waals surface area (Å²) >= 11 is 0. The summed E-state index contributed by atoms with van der Waals surface area (Å²) in [5, 5.41) is 3.02. The van der Waals surface area contributed by atoms with Crippen molar-refractivity contribution in [1.82, 2.24) is 14.9 Å². The van der Waals surface area contributed by atoms with E-state index in [1.807, 2.05) is 42.5 Å². The highest BCUT2D eigenvalue weighted by Gasteiger charge is 2.12. The zero-order valence-electron chi connectivity index (χ0n) is 20.0. The van der Waals surface area contributed by atoms with Crippen LogP contribution < -0.4 is 14.8 Å². The highest BCUT2D eigenvalue weighted by Crippen LogP contribution is 2.20. The first-order chi connectivity index (χ1) is 16.5. The van der Waals surface area contributed by atoms with Crippen LogP contribution in [0.15, 0.2) is 66.7 Å². The van der Waals surface area contributed by atoms with E-state index in [1.165, 1.54) is 5.56 Å². The number of aromatic nitrogens is 2. The maximum atomic E-state index is 12.4. The third-order valence-corrected chi connectivity index (χ3v) is 5.84. The maximum absolute atomic E-state index is 12.4. The van der Waals surface area contributed by atoms with Crippen LogP contribution in [0.3, 0.4) is 0 Å². The molecule has 1 heterocycles. The van der Waals surface area contributed by atoms with Gasteiger partial charge in [0.1, 0.15) is 23.9 Å². The lowest BCUT2D eigenvalue weighted by Crippen LogP contribution is -2.28. The first kappa shape index (κ1) is 23.4. The van der Waals surface area contributed by atoms with Crippen LogP contribution in [0.5, 0.6) is 11.5 Å². The molecule has 1 aromatic heterocycles. The van der Waals surface area contributed by atoms with Crippen LogP contribution in [0.4, 0.5) is 0 Å². The van der Waals surface area contributed by atoms with E-state index in [1.54, 1.807) is 7.11 Å². The molecule has 0 aliphatic carbocycles. The molecule has 0 saturated heterocycles. The number of methoxy groups -OCH3 is 1. The molecule has 6 heteroatoms. The van der Waals surface area contributed by atoms with Crippen LogP contribution in [0, 0.1) is 13.8 Å². The van der Waals surface area contributed by atoms with Crippen LogP contribution in [0.2, 0.25) is 0 Å². The van der Waals surface area contributed by atoms with Crippen molar-refractivity contribution in [3.05, 3.63) is 89.2 Å². The Kier molecular flexibility index (Phi) is 7.48. The third-order valence-electron chi connectivity index (χ3n) is 5.84. The second-order valence-electron chi connectivity index (χ2n) is 8.41. The van der Waals surface area contributed by atoms with E-state index in [4.69, 9.17) is 14.5 Å². The van der Waals surface area contributed by atoms with Crippen LogP contribution in [0.25, 0.3) is 11.0 Å². The van der Waals surface area contributed by atoms with Gasteiger partial charge in [0.25, 0.3) is 0 Å². The SMILES string of the molecule is COc1ccc(CC(=O)NCCc2nc3ccccc3n2CCOc2cc(C)ccc2C)cc1. The molecule has 4 rings (SSSR count). The molecule has 0 radical (unpaired) electrons. The minimum Gasteiger partial charge on any atom is -0.497 e. The number of para-hydroxylation sites is 2. The van der Waals surface area contributed by atoms with Crippen LogP contribution >= 0.6 is 0 Å². The second kappa shape index (κ2) is 10.9. The van der Waals surface area contributed by atoms with Gasteiger partial charge in [-0.15, -0.1) is 0 Å². The Balaban J connectivity index is 1.37. The molecule has 0 aliphatic heterocycles. The molecular formula is C28H31N3O3. The van der Waals surface area contributed by atoms with Crippen molar-refractivity contribution in [1.29, 1.82) is 0 Å². The lowest BCUT2D eigenvalue weighted by atomic mass is 10.1. The van der Waals surface area contributed by atoms with Crippen molar-refractivity contribution in [2.45, 2.75) is 33.2 Å². The predicted octanol–water partition coefficient (Wildman–Crippen LogP) is 4.64. The fourth-order valence-corrected chi connectivity index (χ4v) is 3.98. The van der Waals surface area contributed by atoms with E-state index in [9.17, 15) is 4.79 Å². The maximum Gasteiger partial charge on any atom is 0.224 e. The Morgan fingerprint density at radius 1 is 1.03 bits per heavy atom. The Morgan fingerprint density at radius 3 is 2.62 bits per heavy atom. The Labute approximate surface area is 200 Å². The number of nitrogens with one attached hydrogen (secondary N) is 1. The lowest BCUT2D eigenvalue weighted by Gasteiger charge is -2.13. The zero-order chi connectivity index (χ0) is 23.9. The summed E-state index contributed by atoms with van der Waals surface area (Å²) in [7, 11) is 1.63. The summed E-state index contributed by atoms with van der Waals surface area (Å²) in [5.41, 5.74) is 5.29. The molecule has 0 unspecified atom stereocenters. The second-order valence-corrected chi connectivity index (χ2v) is 8.41. The largest absolute Gasteiger partial charge is 0.497 e. The van der Waals surface area contributed by atoms with Gasteiger partial charge in [0.2, 0.25) is 5.91 Å². The van der Waals surface area contributed by atoms with Gasteiger partial charge in [0, 0.05) is 13.0 Å². The summed E-state index contributed by atoms with van der Waals surface area (Å²) < 4.78 is 13.5. The number of hydrogen-bond donors (Lipinski definition) is 1. The molecule has 0 fully saturated rings. The van der Waals surface area contributed by atoms with E-state index in [0.29, 0.717) is 32.5 Å². The Hall–Kier alpha value is -3.80. The third kappa shape index (κ3) is 5.76. The van der Waals surface area contributed by atoms with Gasteiger partial charge in [0.15, 0.2) is 0 Å². The van der Waals surface area contributed by atoms with E-state index in [2.05, 4.69) is 48.0 Å². The number of amides is 1. The molecule has 4 aromatic rings. The number of aryl methyl sites for hydroxylation is 2. The molecule has 0 aliphatic rings. The average molecular weight is 458 g/mol. The summed E-state index contributed by atoms with van der Waals surface area (Å²) in [5.74, 6) is 2.63. The van der Waals surface area contributed by atoms with E-state index in [-0.39, 0.29) is 5.91 Å². The monoisotopic (exact) mass is 457 g/mol. The number of fused-ring (bicyclic) bond motifs is 1. The van der Waals surface area contributed by atoms with Crippen molar-refractivity contribution >= 4 is 16.9 Å². The Bertz CT molecular complexity index is 1260. The lowest BCUT2D eigenvalue weighted by molar-refractivity contribution is -0.120. The molecule has 1 N–H and O–H groups in total. The van der Waals surface area contributed by atoms with Gasteiger partial charge in [0.05, 0.1) is 31.1 Å². The summed E-state index contributed by atoms with van der Waals surface area (Å²) in [6, 6.07) is 21.9. The zero-order valence-corrected chi connectivity index (χ0v) is 20.0. The van der Waals surface area contributed by atoms with Gasteiger partial charge >= 0.3 is 0 Å². The molecule has 6 nitrogen and oxygen atoms in total. The number of benzene rings is 3. The van der Waals surface area contributed by atoms with E-state index < -0.39 is 0 Å². The molecule has 0 spiro atoms. The van der Waals surface area contributed by atoms with Gasteiger partial charge in [-0.05, 0) is 60.9 Å². The number of nitrogens with zero attached hydrogens (tertiary/aromatic N) is 2. The number of ether oxygens (including phenoxy) is 2. The van der Waals surface area contributed by atoms with Gasteiger partial charge in [-0.25, -0.2) is 4.98 Å². The number of hydrogen-bond acceptors (Lipinski definition) is 4. The minimum atomic E-state index is -0.00826. The van der Waals surface area contributed by atoms with Crippen molar-refractivity contribution in [2.75, 3.05) is 20.3 Å². The van der Waals surface area contributed by atoms with Crippen molar-refractivity contribution in [3.8, 4) is 11.5 Å². The molecule has 0 bridgehead atoms. The van der Waals surface area contributed by atoms with Crippen molar-refractivity contribution in [3.63, 3.8) is 0 Å².